The minimum absolute atomic E-state index is 0.0826. The number of aryl methyl sites for hydroxylation is 1. The molecule has 0 unspecified atom stereocenters. The van der Waals surface area contributed by atoms with Crippen LogP contribution in [0.4, 0.5) is 11.4 Å². The number of fused-ring (bicyclic) bond motifs is 1. The van der Waals surface area contributed by atoms with E-state index in [1.165, 1.54) is 18.2 Å². The second-order valence-corrected chi connectivity index (χ2v) is 5.74. The van der Waals surface area contributed by atoms with Crippen LogP contribution in [0.2, 0.25) is 0 Å². The minimum Gasteiger partial charge on any atom is -0.326 e. The first-order valence-corrected chi connectivity index (χ1v) is 8.05. The van der Waals surface area contributed by atoms with Crippen molar-refractivity contribution in [3.05, 3.63) is 74.8 Å². The molecule has 26 heavy (non-hydrogen) atoms. The second-order valence-electron chi connectivity index (χ2n) is 5.74. The van der Waals surface area contributed by atoms with E-state index in [1.54, 1.807) is 24.3 Å². The van der Waals surface area contributed by atoms with Crippen molar-refractivity contribution in [3.8, 4) is 0 Å². The number of rotatable bonds is 6. The van der Waals surface area contributed by atoms with Crippen molar-refractivity contribution < 1.29 is 9.72 Å². The monoisotopic (exact) mass is 352 g/mol. The minimum atomic E-state index is -0.516. The largest absolute Gasteiger partial charge is 0.326 e. The van der Waals surface area contributed by atoms with Crippen molar-refractivity contribution in [3.63, 3.8) is 0 Å². The highest BCUT2D eigenvalue weighted by Gasteiger charge is 2.09. The van der Waals surface area contributed by atoms with Crippen molar-refractivity contribution in [2.75, 3.05) is 5.32 Å². The molecule has 1 heterocycles. The molecule has 0 fully saturated rings. The van der Waals surface area contributed by atoms with Crippen molar-refractivity contribution in [1.29, 1.82) is 0 Å². The van der Waals surface area contributed by atoms with Gasteiger partial charge in [0.05, 0.1) is 15.8 Å². The van der Waals surface area contributed by atoms with Crippen LogP contribution in [-0.4, -0.2) is 20.8 Å². The third-order valence-corrected chi connectivity index (χ3v) is 3.82. The smallest absolute Gasteiger partial charge is 0.271 e. The summed E-state index contributed by atoms with van der Waals surface area (Å²) in [6.45, 7) is 0. The number of amides is 1. The second kappa shape index (κ2) is 7.56. The van der Waals surface area contributed by atoms with Gasteiger partial charge in [0, 0.05) is 30.7 Å². The third-order valence-electron chi connectivity index (χ3n) is 3.82. The maximum absolute atomic E-state index is 12.0. The molecule has 3 aromatic rings. The summed E-state index contributed by atoms with van der Waals surface area (Å²) in [6.07, 6.45) is 1.14. The van der Waals surface area contributed by atoms with Crippen molar-refractivity contribution in [2.45, 2.75) is 19.3 Å². The first-order valence-electron chi connectivity index (χ1n) is 8.05. The SMILES string of the molecule is O=C(CCCc1nc2ccccc2c(=O)[nH]1)Nc1cccc([N+](=O)[O-])c1. The molecule has 0 aliphatic carbocycles. The highest BCUT2D eigenvalue weighted by atomic mass is 16.6. The number of carbonyl (C=O) groups is 1. The zero-order valence-electron chi connectivity index (χ0n) is 13.8. The molecule has 0 spiro atoms. The normalized spacial score (nSPS) is 10.6. The first kappa shape index (κ1) is 17.3. The number of H-pyrrole nitrogens is 1. The van der Waals surface area contributed by atoms with Gasteiger partial charge >= 0.3 is 0 Å². The number of hydrogen-bond donors (Lipinski definition) is 2. The fourth-order valence-electron chi connectivity index (χ4n) is 2.59. The van der Waals surface area contributed by atoms with E-state index in [2.05, 4.69) is 15.3 Å². The lowest BCUT2D eigenvalue weighted by Crippen LogP contribution is -2.14. The molecule has 8 nitrogen and oxygen atoms in total. The molecular weight excluding hydrogens is 336 g/mol. The summed E-state index contributed by atoms with van der Waals surface area (Å²) in [5.74, 6) is 0.269. The molecule has 3 rings (SSSR count). The molecule has 2 N–H and O–H groups in total. The number of nitrogens with one attached hydrogen (secondary N) is 2. The van der Waals surface area contributed by atoms with Crippen LogP contribution < -0.4 is 10.9 Å². The van der Waals surface area contributed by atoms with Crippen LogP contribution in [0.3, 0.4) is 0 Å². The summed E-state index contributed by atoms with van der Waals surface area (Å²) in [7, 11) is 0. The van der Waals surface area contributed by atoms with Gasteiger partial charge in [0.15, 0.2) is 0 Å². The number of nitro groups is 1. The fraction of sp³-hybridized carbons (Fsp3) is 0.167. The van der Waals surface area contributed by atoms with Crippen LogP contribution >= 0.6 is 0 Å². The summed E-state index contributed by atoms with van der Waals surface area (Å²) in [4.78, 5) is 41.3. The van der Waals surface area contributed by atoms with Gasteiger partial charge in [-0.25, -0.2) is 4.98 Å². The van der Waals surface area contributed by atoms with E-state index in [4.69, 9.17) is 0 Å². The van der Waals surface area contributed by atoms with E-state index < -0.39 is 4.92 Å². The van der Waals surface area contributed by atoms with E-state index in [0.29, 0.717) is 35.3 Å². The molecule has 132 valence electrons. The van der Waals surface area contributed by atoms with Gasteiger partial charge in [0.1, 0.15) is 5.82 Å². The predicted octanol–water partition coefficient (Wildman–Crippen LogP) is 2.79. The average molecular weight is 352 g/mol. The topological polar surface area (TPSA) is 118 Å². The van der Waals surface area contributed by atoms with Gasteiger partial charge < -0.3 is 10.3 Å². The van der Waals surface area contributed by atoms with Crippen LogP contribution in [0.1, 0.15) is 18.7 Å². The number of aromatic nitrogens is 2. The van der Waals surface area contributed by atoms with Gasteiger partial charge in [-0.1, -0.05) is 18.2 Å². The van der Waals surface area contributed by atoms with Crippen LogP contribution in [0, 0.1) is 10.1 Å². The van der Waals surface area contributed by atoms with Gasteiger partial charge in [-0.05, 0) is 24.6 Å². The van der Waals surface area contributed by atoms with Gasteiger partial charge in [0.25, 0.3) is 11.2 Å². The quantitative estimate of drug-likeness (QED) is 0.522. The average Bonchev–Trinajstić information content (AvgIpc) is 2.62. The van der Waals surface area contributed by atoms with Gasteiger partial charge in [-0.15, -0.1) is 0 Å². The molecule has 1 amide bonds. The van der Waals surface area contributed by atoms with E-state index >= 15 is 0 Å². The summed E-state index contributed by atoms with van der Waals surface area (Å²) in [6, 6.07) is 12.8. The highest BCUT2D eigenvalue weighted by molar-refractivity contribution is 5.91. The Morgan fingerprint density at radius 2 is 2.00 bits per heavy atom. The summed E-state index contributed by atoms with van der Waals surface area (Å²) in [5, 5.41) is 13.9. The van der Waals surface area contributed by atoms with Crippen molar-refractivity contribution in [2.24, 2.45) is 0 Å². The number of nitrogens with zero attached hydrogens (tertiary/aromatic N) is 2. The molecule has 0 aliphatic rings. The molecule has 0 saturated heterocycles. The Hall–Kier alpha value is -3.55. The molecule has 0 aliphatic heterocycles. The maximum Gasteiger partial charge on any atom is 0.271 e. The highest BCUT2D eigenvalue weighted by Crippen LogP contribution is 2.17. The number of aromatic amines is 1. The number of non-ortho nitro benzene ring substituents is 1. The van der Waals surface area contributed by atoms with E-state index in [0.717, 1.165) is 0 Å². The summed E-state index contributed by atoms with van der Waals surface area (Å²) in [5.41, 5.74) is 0.709. The number of benzene rings is 2. The van der Waals surface area contributed by atoms with Crippen molar-refractivity contribution in [1.82, 2.24) is 9.97 Å². The molecule has 0 radical (unpaired) electrons. The zero-order valence-corrected chi connectivity index (χ0v) is 13.8. The van der Waals surface area contributed by atoms with Crippen LogP contribution in [0.25, 0.3) is 10.9 Å². The van der Waals surface area contributed by atoms with Crippen LogP contribution in [0.15, 0.2) is 53.3 Å². The Kier molecular flexibility index (Phi) is 5.02. The number of anilines is 1. The Morgan fingerprint density at radius 1 is 1.19 bits per heavy atom. The lowest BCUT2D eigenvalue weighted by atomic mass is 10.2. The Labute approximate surface area is 148 Å². The molecule has 2 aromatic carbocycles. The number of carbonyl (C=O) groups excluding carboxylic acids is 1. The molecule has 8 heteroatoms. The van der Waals surface area contributed by atoms with E-state index in [-0.39, 0.29) is 23.6 Å². The Morgan fingerprint density at radius 3 is 2.81 bits per heavy atom. The first-order chi connectivity index (χ1) is 12.5. The zero-order chi connectivity index (χ0) is 18.5. The van der Waals surface area contributed by atoms with Crippen LogP contribution in [-0.2, 0) is 11.2 Å². The summed E-state index contributed by atoms with van der Waals surface area (Å²) >= 11 is 0. The van der Waals surface area contributed by atoms with Crippen molar-refractivity contribution >= 4 is 28.2 Å². The fourth-order valence-corrected chi connectivity index (χ4v) is 2.59. The Balaban J connectivity index is 1.58. The molecule has 0 atom stereocenters. The lowest BCUT2D eigenvalue weighted by molar-refractivity contribution is -0.384. The van der Waals surface area contributed by atoms with Gasteiger partial charge in [-0.2, -0.15) is 0 Å². The van der Waals surface area contributed by atoms with E-state index in [9.17, 15) is 19.7 Å². The predicted molar refractivity (Wildman–Crippen MR) is 97.0 cm³/mol. The number of nitro benzene ring substituents is 1. The lowest BCUT2D eigenvalue weighted by Gasteiger charge is -2.05. The van der Waals surface area contributed by atoms with Gasteiger partial charge in [-0.3, -0.25) is 19.7 Å². The molecule has 0 bridgehead atoms. The van der Waals surface area contributed by atoms with Crippen LogP contribution in [0.5, 0.6) is 0 Å². The van der Waals surface area contributed by atoms with Gasteiger partial charge in [0.2, 0.25) is 5.91 Å². The maximum atomic E-state index is 12.0. The number of hydrogen-bond acceptors (Lipinski definition) is 5. The third kappa shape index (κ3) is 4.10. The molecular formula is C18H16N4O4. The molecule has 0 saturated carbocycles. The Bertz CT molecular complexity index is 1030. The standard InChI is InChI=1S/C18H16N4O4/c23-17(19-12-5-3-6-13(11-12)22(25)26)10-4-9-16-20-15-8-2-1-7-14(15)18(24)21-16/h1-3,5-8,11H,4,9-10H2,(H,19,23)(H,20,21,24). The van der Waals surface area contributed by atoms with E-state index in [1.807, 2.05) is 6.07 Å². The summed E-state index contributed by atoms with van der Waals surface area (Å²) < 4.78 is 0. The molecule has 1 aromatic heterocycles. The number of para-hydroxylation sites is 1.